The minimum Gasteiger partial charge on any atom is -0.506 e. The van der Waals surface area contributed by atoms with Gasteiger partial charge in [0.2, 0.25) is 0 Å². The molecule has 0 saturated carbocycles. The van der Waals surface area contributed by atoms with E-state index in [1.807, 2.05) is 0 Å². The Morgan fingerprint density at radius 2 is 2.05 bits per heavy atom. The van der Waals surface area contributed by atoms with Crippen LogP contribution in [0.4, 0.5) is 0 Å². The van der Waals surface area contributed by atoms with Gasteiger partial charge in [-0.3, -0.25) is 0 Å². The predicted molar refractivity (Wildman–Crippen MR) is 79.1 cm³/mol. The first-order valence-corrected chi connectivity index (χ1v) is 7.89. The SMILES string of the molecule is Oc1c(CC2CCCN2)cc2c(c1Cl)CCCCC2. The van der Waals surface area contributed by atoms with E-state index in [1.54, 1.807) is 0 Å². The molecule has 19 heavy (non-hydrogen) atoms. The highest BCUT2D eigenvalue weighted by atomic mass is 35.5. The van der Waals surface area contributed by atoms with Crippen molar-refractivity contribution in [3.63, 3.8) is 0 Å². The van der Waals surface area contributed by atoms with Crippen LogP contribution >= 0.6 is 11.6 Å². The first kappa shape index (κ1) is 13.3. The van der Waals surface area contributed by atoms with Gasteiger partial charge in [0.25, 0.3) is 0 Å². The second-order valence-electron chi connectivity index (χ2n) is 5.89. The summed E-state index contributed by atoms with van der Waals surface area (Å²) in [6, 6.07) is 2.72. The molecule has 1 aromatic rings. The van der Waals surface area contributed by atoms with Crippen molar-refractivity contribution < 1.29 is 5.11 Å². The summed E-state index contributed by atoms with van der Waals surface area (Å²) in [5.74, 6) is 0.330. The Kier molecular flexibility index (Phi) is 3.99. The maximum atomic E-state index is 10.3. The van der Waals surface area contributed by atoms with Crippen LogP contribution in [0.2, 0.25) is 5.02 Å². The average molecular weight is 280 g/mol. The first-order valence-electron chi connectivity index (χ1n) is 7.51. The maximum absolute atomic E-state index is 10.3. The van der Waals surface area contributed by atoms with Gasteiger partial charge in [-0.15, -0.1) is 0 Å². The molecule has 2 N–H and O–H groups in total. The van der Waals surface area contributed by atoms with Crippen molar-refractivity contribution in [2.45, 2.75) is 57.4 Å². The third-order valence-electron chi connectivity index (χ3n) is 4.51. The molecule has 1 aromatic carbocycles. The van der Waals surface area contributed by atoms with E-state index < -0.39 is 0 Å². The lowest BCUT2D eigenvalue weighted by Crippen LogP contribution is -2.23. The van der Waals surface area contributed by atoms with Crippen molar-refractivity contribution in [2.24, 2.45) is 0 Å². The number of rotatable bonds is 2. The van der Waals surface area contributed by atoms with E-state index >= 15 is 0 Å². The van der Waals surface area contributed by atoms with E-state index in [-0.39, 0.29) is 0 Å². The highest BCUT2D eigenvalue weighted by molar-refractivity contribution is 6.33. The number of benzene rings is 1. The average Bonchev–Trinajstić information content (AvgIpc) is 2.80. The molecule has 0 amide bonds. The molecule has 0 bridgehead atoms. The van der Waals surface area contributed by atoms with E-state index in [0.29, 0.717) is 16.8 Å². The summed E-state index contributed by atoms with van der Waals surface area (Å²) in [6.07, 6.45) is 9.18. The van der Waals surface area contributed by atoms with Gasteiger partial charge in [0, 0.05) is 6.04 Å². The fourth-order valence-corrected chi connectivity index (χ4v) is 3.77. The van der Waals surface area contributed by atoms with Crippen LogP contribution in [0, 0.1) is 0 Å². The summed E-state index contributed by atoms with van der Waals surface area (Å²) in [5, 5.41) is 14.5. The lowest BCUT2D eigenvalue weighted by atomic mass is 9.95. The summed E-state index contributed by atoms with van der Waals surface area (Å²) in [5.41, 5.74) is 3.60. The van der Waals surface area contributed by atoms with Gasteiger partial charge in [-0.1, -0.05) is 24.1 Å². The van der Waals surface area contributed by atoms with Crippen molar-refractivity contribution in [2.75, 3.05) is 6.54 Å². The van der Waals surface area contributed by atoms with Crippen molar-refractivity contribution >= 4 is 11.6 Å². The lowest BCUT2D eigenvalue weighted by Gasteiger charge is -2.17. The summed E-state index contributed by atoms with van der Waals surface area (Å²) >= 11 is 6.40. The molecule has 3 rings (SSSR count). The Labute approximate surface area is 120 Å². The molecule has 104 valence electrons. The minimum absolute atomic E-state index is 0.330. The molecule has 1 unspecified atom stereocenters. The molecule has 1 aliphatic carbocycles. The molecule has 1 aliphatic heterocycles. The summed E-state index contributed by atoms with van der Waals surface area (Å²) in [7, 11) is 0. The number of halogens is 1. The van der Waals surface area contributed by atoms with Gasteiger partial charge in [-0.2, -0.15) is 0 Å². The Hall–Kier alpha value is -0.730. The second-order valence-corrected chi connectivity index (χ2v) is 6.27. The second kappa shape index (κ2) is 5.72. The zero-order valence-corrected chi connectivity index (χ0v) is 12.1. The van der Waals surface area contributed by atoms with Crippen molar-refractivity contribution in [1.82, 2.24) is 5.32 Å². The molecule has 0 aromatic heterocycles. The first-order chi connectivity index (χ1) is 9.25. The number of fused-ring (bicyclic) bond motifs is 1. The molecular weight excluding hydrogens is 258 g/mol. The van der Waals surface area contributed by atoms with E-state index in [9.17, 15) is 5.11 Å². The summed E-state index contributed by atoms with van der Waals surface area (Å²) < 4.78 is 0. The van der Waals surface area contributed by atoms with Crippen LogP contribution in [0.15, 0.2) is 6.07 Å². The Morgan fingerprint density at radius 1 is 1.21 bits per heavy atom. The van der Waals surface area contributed by atoms with Crippen LogP contribution in [0.25, 0.3) is 0 Å². The Bertz CT molecular complexity index is 466. The maximum Gasteiger partial charge on any atom is 0.137 e. The highest BCUT2D eigenvalue weighted by Crippen LogP contribution is 2.37. The molecule has 1 fully saturated rings. The van der Waals surface area contributed by atoms with E-state index in [1.165, 1.54) is 43.2 Å². The molecule has 0 radical (unpaired) electrons. The Morgan fingerprint density at radius 3 is 2.84 bits per heavy atom. The number of aromatic hydroxyl groups is 1. The third-order valence-corrected chi connectivity index (χ3v) is 4.92. The Balaban J connectivity index is 1.91. The number of hydrogen-bond donors (Lipinski definition) is 2. The van der Waals surface area contributed by atoms with Gasteiger partial charge in [-0.05, 0) is 68.2 Å². The van der Waals surface area contributed by atoms with Crippen LogP contribution in [-0.2, 0) is 19.3 Å². The van der Waals surface area contributed by atoms with E-state index in [4.69, 9.17) is 11.6 Å². The number of phenols is 1. The zero-order valence-electron chi connectivity index (χ0n) is 11.3. The normalized spacial score (nSPS) is 23.1. The van der Waals surface area contributed by atoms with Gasteiger partial charge < -0.3 is 10.4 Å². The van der Waals surface area contributed by atoms with E-state index in [0.717, 1.165) is 31.4 Å². The van der Waals surface area contributed by atoms with Gasteiger partial charge in [-0.25, -0.2) is 0 Å². The smallest absolute Gasteiger partial charge is 0.137 e. The van der Waals surface area contributed by atoms with Gasteiger partial charge >= 0.3 is 0 Å². The van der Waals surface area contributed by atoms with Crippen molar-refractivity contribution in [3.05, 3.63) is 27.8 Å². The van der Waals surface area contributed by atoms with Crippen LogP contribution in [0.5, 0.6) is 5.75 Å². The number of aryl methyl sites for hydroxylation is 1. The molecular formula is C16H22ClNO. The summed E-state index contributed by atoms with van der Waals surface area (Å²) in [6.45, 7) is 1.10. The topological polar surface area (TPSA) is 32.3 Å². The quantitative estimate of drug-likeness (QED) is 0.811. The summed E-state index contributed by atoms with van der Waals surface area (Å²) in [4.78, 5) is 0. The van der Waals surface area contributed by atoms with Crippen LogP contribution in [0.3, 0.4) is 0 Å². The number of hydrogen-bond acceptors (Lipinski definition) is 2. The standard InChI is InChI=1S/C16H22ClNO/c17-15-14-7-3-1-2-5-11(14)9-12(16(15)19)10-13-6-4-8-18-13/h9,13,18-19H,1-8,10H2. The van der Waals surface area contributed by atoms with Crippen LogP contribution < -0.4 is 5.32 Å². The number of phenolic OH excluding ortho intramolecular Hbond substituents is 1. The van der Waals surface area contributed by atoms with Crippen LogP contribution in [0.1, 0.15) is 48.8 Å². The number of nitrogens with one attached hydrogen (secondary N) is 1. The molecule has 1 heterocycles. The fraction of sp³-hybridized carbons (Fsp3) is 0.625. The molecule has 2 aliphatic rings. The monoisotopic (exact) mass is 279 g/mol. The lowest BCUT2D eigenvalue weighted by molar-refractivity contribution is 0.461. The molecule has 1 atom stereocenters. The minimum atomic E-state index is 0.330. The van der Waals surface area contributed by atoms with Gasteiger partial charge in [0.1, 0.15) is 5.75 Å². The zero-order chi connectivity index (χ0) is 13.2. The third kappa shape index (κ3) is 2.75. The fourth-order valence-electron chi connectivity index (χ4n) is 3.43. The van der Waals surface area contributed by atoms with Crippen LogP contribution in [-0.4, -0.2) is 17.7 Å². The predicted octanol–water partition coefficient (Wildman–Crippen LogP) is 3.61. The van der Waals surface area contributed by atoms with Gasteiger partial charge in [0.05, 0.1) is 5.02 Å². The van der Waals surface area contributed by atoms with Gasteiger partial charge in [0.15, 0.2) is 0 Å². The van der Waals surface area contributed by atoms with Crippen molar-refractivity contribution in [3.8, 4) is 5.75 Å². The molecule has 3 heteroatoms. The van der Waals surface area contributed by atoms with Crippen molar-refractivity contribution in [1.29, 1.82) is 0 Å². The largest absolute Gasteiger partial charge is 0.506 e. The highest BCUT2D eigenvalue weighted by Gasteiger charge is 2.21. The molecule has 0 spiro atoms. The van der Waals surface area contributed by atoms with E-state index in [2.05, 4.69) is 11.4 Å². The molecule has 2 nitrogen and oxygen atoms in total. The molecule has 1 saturated heterocycles.